The number of rotatable bonds is 5. The predicted molar refractivity (Wildman–Crippen MR) is 151 cm³/mol. The highest BCUT2D eigenvalue weighted by atomic mass is 19.1. The van der Waals surface area contributed by atoms with Gasteiger partial charge in [-0.25, -0.2) is 9.37 Å². The number of para-hydroxylation sites is 2. The molecule has 1 saturated heterocycles. The van der Waals surface area contributed by atoms with Crippen molar-refractivity contribution in [2.24, 2.45) is 0 Å². The second kappa shape index (κ2) is 11.0. The van der Waals surface area contributed by atoms with Crippen molar-refractivity contribution < 1.29 is 18.7 Å². The van der Waals surface area contributed by atoms with E-state index in [-0.39, 0.29) is 29.9 Å². The molecule has 40 heavy (non-hydrogen) atoms. The van der Waals surface area contributed by atoms with Gasteiger partial charge in [-0.1, -0.05) is 48.5 Å². The van der Waals surface area contributed by atoms with Gasteiger partial charge in [0.1, 0.15) is 11.6 Å². The minimum absolute atomic E-state index is 0.0325. The molecule has 3 heterocycles. The maximum absolute atomic E-state index is 14.4. The van der Waals surface area contributed by atoms with Gasteiger partial charge in [-0.3, -0.25) is 14.5 Å². The summed E-state index contributed by atoms with van der Waals surface area (Å²) in [6, 6.07) is 26.5. The molecule has 200 valence electrons. The number of amides is 2. The highest BCUT2D eigenvalue weighted by Crippen LogP contribution is 2.36. The normalized spacial score (nSPS) is 16.1. The van der Waals surface area contributed by atoms with E-state index in [0.717, 1.165) is 18.9 Å². The highest BCUT2D eigenvalue weighted by molar-refractivity contribution is 6.09. The fourth-order valence-corrected chi connectivity index (χ4v) is 4.95. The first-order chi connectivity index (χ1) is 19.6. The van der Waals surface area contributed by atoms with E-state index in [1.165, 1.54) is 11.0 Å². The van der Waals surface area contributed by atoms with Crippen LogP contribution in [0.15, 0.2) is 103 Å². The maximum Gasteiger partial charge on any atom is 0.294 e. The van der Waals surface area contributed by atoms with E-state index in [1.54, 1.807) is 66.9 Å². The minimum atomic E-state index is -0.372. The Morgan fingerprint density at radius 2 is 1.60 bits per heavy atom. The number of fused-ring (bicyclic) bond motifs is 1. The summed E-state index contributed by atoms with van der Waals surface area (Å²) in [5.41, 5.74) is 2.29. The molecule has 2 aliphatic rings. The maximum atomic E-state index is 14.4. The number of piperazine rings is 1. The van der Waals surface area contributed by atoms with Crippen LogP contribution in [0.1, 0.15) is 21.5 Å². The fourth-order valence-electron chi connectivity index (χ4n) is 4.95. The van der Waals surface area contributed by atoms with Gasteiger partial charge >= 0.3 is 0 Å². The largest absolute Gasteiger partial charge is 0.449 e. The van der Waals surface area contributed by atoms with Gasteiger partial charge in [-0.05, 0) is 54.1 Å². The van der Waals surface area contributed by atoms with E-state index in [9.17, 15) is 14.0 Å². The molecular weight excluding hydrogens is 507 g/mol. The van der Waals surface area contributed by atoms with Crippen LogP contribution >= 0.6 is 0 Å². The second-order valence-electron chi connectivity index (χ2n) is 9.65. The van der Waals surface area contributed by atoms with Crippen LogP contribution in [0.3, 0.4) is 0 Å². The lowest BCUT2D eigenvalue weighted by Crippen LogP contribution is -2.49. The van der Waals surface area contributed by atoms with Crippen molar-refractivity contribution in [1.82, 2.24) is 9.88 Å². The zero-order chi connectivity index (χ0) is 27.5. The quantitative estimate of drug-likeness (QED) is 0.332. The third-order valence-corrected chi connectivity index (χ3v) is 7.11. The topological polar surface area (TPSA) is 66.0 Å². The molecule has 1 aromatic heterocycles. The number of aromatic nitrogens is 1. The predicted octanol–water partition coefficient (Wildman–Crippen LogP) is 5.15. The molecule has 7 nitrogen and oxygen atoms in total. The molecule has 0 saturated carbocycles. The Kier molecular flexibility index (Phi) is 6.97. The average molecular weight is 535 g/mol. The third kappa shape index (κ3) is 5.16. The standard InChI is InChI=1S/C32H27FN4O3/c33-26-8-2-1-7-25(26)22-37-27-9-3-4-10-28(27)40-29(32(37)39)21-23-12-14-24(15-13-23)31(38)36-19-17-35(18-20-36)30-11-5-6-16-34-30/h1-16,21H,17-20,22H2/b29-21-. The van der Waals surface area contributed by atoms with Crippen molar-refractivity contribution in [3.05, 3.63) is 125 Å². The van der Waals surface area contributed by atoms with Crippen LogP contribution < -0.4 is 14.5 Å². The molecule has 0 radical (unpaired) electrons. The number of halogens is 1. The van der Waals surface area contributed by atoms with E-state index in [2.05, 4.69) is 9.88 Å². The van der Waals surface area contributed by atoms with E-state index in [0.29, 0.717) is 41.2 Å². The Balaban J connectivity index is 1.17. The van der Waals surface area contributed by atoms with Crippen LogP contribution in [0.25, 0.3) is 6.08 Å². The van der Waals surface area contributed by atoms with Crippen LogP contribution in [-0.2, 0) is 11.3 Å². The molecule has 0 N–H and O–H groups in total. The average Bonchev–Trinajstić information content (AvgIpc) is 3.01. The van der Waals surface area contributed by atoms with Crippen molar-refractivity contribution in [2.75, 3.05) is 36.0 Å². The number of benzene rings is 3. The summed E-state index contributed by atoms with van der Waals surface area (Å²) in [6.07, 6.45) is 3.42. The van der Waals surface area contributed by atoms with Crippen molar-refractivity contribution in [1.29, 1.82) is 0 Å². The van der Waals surface area contributed by atoms with Gasteiger partial charge in [0.2, 0.25) is 0 Å². The Morgan fingerprint density at radius 3 is 2.35 bits per heavy atom. The summed E-state index contributed by atoms with van der Waals surface area (Å²) >= 11 is 0. The molecule has 8 heteroatoms. The van der Waals surface area contributed by atoms with Gasteiger partial charge in [0.15, 0.2) is 11.5 Å². The van der Waals surface area contributed by atoms with E-state index in [4.69, 9.17) is 4.74 Å². The number of ether oxygens (including phenoxy) is 1. The van der Waals surface area contributed by atoms with Gasteiger partial charge in [0, 0.05) is 43.5 Å². The van der Waals surface area contributed by atoms with Crippen molar-refractivity contribution in [3.63, 3.8) is 0 Å². The van der Waals surface area contributed by atoms with Gasteiger partial charge in [-0.15, -0.1) is 0 Å². The highest BCUT2D eigenvalue weighted by Gasteiger charge is 2.31. The molecule has 0 bridgehead atoms. The molecule has 4 aromatic rings. The zero-order valence-electron chi connectivity index (χ0n) is 21.7. The Bertz CT molecular complexity index is 1560. The smallest absolute Gasteiger partial charge is 0.294 e. The first-order valence-electron chi connectivity index (χ1n) is 13.2. The molecule has 2 amide bonds. The van der Waals surface area contributed by atoms with Gasteiger partial charge in [0.05, 0.1) is 12.2 Å². The Hall–Kier alpha value is -4.98. The van der Waals surface area contributed by atoms with E-state index < -0.39 is 0 Å². The fraction of sp³-hybridized carbons (Fsp3) is 0.156. The van der Waals surface area contributed by atoms with Crippen LogP contribution in [0.2, 0.25) is 0 Å². The van der Waals surface area contributed by atoms with Gasteiger partial charge < -0.3 is 14.5 Å². The lowest BCUT2D eigenvalue weighted by molar-refractivity contribution is -0.117. The van der Waals surface area contributed by atoms with Crippen LogP contribution in [-0.4, -0.2) is 47.9 Å². The van der Waals surface area contributed by atoms with Crippen molar-refractivity contribution >= 4 is 29.4 Å². The van der Waals surface area contributed by atoms with Gasteiger partial charge in [-0.2, -0.15) is 0 Å². The summed E-state index contributed by atoms with van der Waals surface area (Å²) in [4.78, 5) is 36.5. The molecule has 2 aliphatic heterocycles. The van der Waals surface area contributed by atoms with Crippen molar-refractivity contribution in [3.8, 4) is 5.75 Å². The molecular formula is C32H27FN4O3. The molecule has 0 aliphatic carbocycles. The van der Waals surface area contributed by atoms with E-state index in [1.807, 2.05) is 35.2 Å². The number of carbonyl (C=O) groups is 2. The number of hydrogen-bond donors (Lipinski definition) is 0. The molecule has 1 fully saturated rings. The number of carbonyl (C=O) groups excluding carboxylic acids is 2. The molecule has 6 rings (SSSR count). The molecule has 0 spiro atoms. The molecule has 0 atom stereocenters. The molecule has 0 unspecified atom stereocenters. The van der Waals surface area contributed by atoms with Gasteiger partial charge in [0.25, 0.3) is 11.8 Å². The van der Waals surface area contributed by atoms with Crippen LogP contribution in [0.5, 0.6) is 5.75 Å². The summed E-state index contributed by atoms with van der Waals surface area (Å²) in [5.74, 6) is 0.786. The number of hydrogen-bond acceptors (Lipinski definition) is 5. The second-order valence-corrected chi connectivity index (χ2v) is 9.65. The summed E-state index contributed by atoms with van der Waals surface area (Å²) in [6.45, 7) is 2.74. The Morgan fingerprint density at radius 1 is 0.875 bits per heavy atom. The van der Waals surface area contributed by atoms with Crippen LogP contribution in [0.4, 0.5) is 15.9 Å². The summed E-state index contributed by atoms with van der Waals surface area (Å²) in [7, 11) is 0. The number of nitrogens with zero attached hydrogens (tertiary/aromatic N) is 4. The first kappa shape index (κ1) is 25.3. The monoisotopic (exact) mass is 534 g/mol. The number of pyridine rings is 1. The molecule has 3 aromatic carbocycles. The Labute approximate surface area is 231 Å². The third-order valence-electron chi connectivity index (χ3n) is 7.11. The number of anilines is 2. The van der Waals surface area contributed by atoms with Crippen LogP contribution in [0, 0.1) is 5.82 Å². The SMILES string of the molecule is O=C(c1ccc(/C=C2\Oc3ccccc3N(Cc3ccccc3F)C2=O)cc1)N1CCN(c2ccccn2)CC1. The summed E-state index contributed by atoms with van der Waals surface area (Å²) in [5, 5.41) is 0. The lowest BCUT2D eigenvalue weighted by Gasteiger charge is -2.35. The first-order valence-corrected chi connectivity index (χ1v) is 13.2. The van der Waals surface area contributed by atoms with Crippen molar-refractivity contribution in [2.45, 2.75) is 6.54 Å². The van der Waals surface area contributed by atoms with E-state index >= 15 is 0 Å². The summed E-state index contributed by atoms with van der Waals surface area (Å²) < 4.78 is 20.4. The minimum Gasteiger partial charge on any atom is -0.449 e. The zero-order valence-corrected chi connectivity index (χ0v) is 21.7. The lowest BCUT2D eigenvalue weighted by atomic mass is 10.1.